The highest BCUT2D eigenvalue weighted by Gasteiger charge is 2.35. The second kappa shape index (κ2) is 4.03. The van der Waals surface area contributed by atoms with Crippen molar-refractivity contribution in [3.05, 3.63) is 29.7 Å². The van der Waals surface area contributed by atoms with Gasteiger partial charge in [0.25, 0.3) is 0 Å². The zero-order chi connectivity index (χ0) is 12.8. The summed E-state index contributed by atoms with van der Waals surface area (Å²) in [6.07, 6.45) is 3.06. The molecule has 0 spiro atoms. The number of rotatable bonds is 2. The third-order valence-electron chi connectivity index (χ3n) is 3.27. The lowest BCUT2D eigenvalue weighted by molar-refractivity contribution is 0.588. The molecule has 0 radical (unpaired) electrons. The van der Waals surface area contributed by atoms with Crippen molar-refractivity contribution in [3.63, 3.8) is 0 Å². The average Bonchev–Trinajstić information content (AvgIpc) is 2.90. The molecule has 0 bridgehead atoms. The Morgan fingerprint density at radius 3 is 3.00 bits per heavy atom. The molecule has 0 amide bonds. The van der Waals surface area contributed by atoms with Gasteiger partial charge in [-0.1, -0.05) is 0 Å². The van der Waals surface area contributed by atoms with Gasteiger partial charge in [-0.15, -0.1) is 5.10 Å². The van der Waals surface area contributed by atoms with E-state index in [2.05, 4.69) is 10.1 Å². The van der Waals surface area contributed by atoms with Crippen LogP contribution in [-0.2, 0) is 16.4 Å². The number of pyridine rings is 1. The van der Waals surface area contributed by atoms with E-state index in [9.17, 15) is 8.42 Å². The Morgan fingerprint density at radius 1 is 1.50 bits per heavy atom. The molecule has 6 nitrogen and oxygen atoms in total. The molecule has 1 aliphatic rings. The molecule has 1 aliphatic heterocycles. The fraction of sp³-hybridized carbons (Fsp3) is 0.455. The van der Waals surface area contributed by atoms with Crippen LogP contribution in [0.5, 0.6) is 0 Å². The van der Waals surface area contributed by atoms with Crippen LogP contribution >= 0.6 is 0 Å². The maximum absolute atomic E-state index is 11.9. The van der Waals surface area contributed by atoms with Crippen LogP contribution in [0.1, 0.15) is 29.5 Å². The van der Waals surface area contributed by atoms with Crippen LogP contribution < -0.4 is 5.73 Å². The van der Waals surface area contributed by atoms with Gasteiger partial charge in [0.1, 0.15) is 5.25 Å². The van der Waals surface area contributed by atoms with Gasteiger partial charge in [0, 0.05) is 12.7 Å². The van der Waals surface area contributed by atoms with Gasteiger partial charge in [0.2, 0.25) is 0 Å². The fourth-order valence-electron chi connectivity index (χ4n) is 2.29. The minimum atomic E-state index is -3.07. The van der Waals surface area contributed by atoms with Gasteiger partial charge < -0.3 is 5.73 Å². The summed E-state index contributed by atoms with van der Waals surface area (Å²) in [6, 6.07) is 3.69. The topological polar surface area (TPSA) is 90.4 Å². The summed E-state index contributed by atoms with van der Waals surface area (Å²) in [7, 11) is -3.07. The minimum Gasteiger partial charge on any atom is -0.326 e. The zero-order valence-corrected chi connectivity index (χ0v) is 10.6. The van der Waals surface area contributed by atoms with Crippen molar-refractivity contribution in [2.75, 3.05) is 5.75 Å². The first kappa shape index (κ1) is 11.6. The summed E-state index contributed by atoms with van der Waals surface area (Å²) >= 11 is 0. The summed E-state index contributed by atoms with van der Waals surface area (Å²) in [5, 5.41) is 3.71. The van der Waals surface area contributed by atoms with Crippen molar-refractivity contribution in [2.24, 2.45) is 5.73 Å². The Morgan fingerprint density at radius 2 is 2.33 bits per heavy atom. The van der Waals surface area contributed by atoms with Crippen LogP contribution in [0.25, 0.3) is 5.65 Å². The molecular formula is C11H14N4O2S. The number of hydrogen-bond donors (Lipinski definition) is 1. The maximum atomic E-state index is 11.9. The monoisotopic (exact) mass is 266 g/mol. The average molecular weight is 266 g/mol. The van der Waals surface area contributed by atoms with E-state index in [4.69, 9.17) is 5.73 Å². The van der Waals surface area contributed by atoms with Crippen LogP contribution in [0.2, 0.25) is 0 Å². The molecule has 2 aromatic rings. The summed E-state index contributed by atoms with van der Waals surface area (Å²) in [4.78, 5) is 4.32. The molecule has 3 heterocycles. The molecule has 3 rings (SSSR count). The highest BCUT2D eigenvalue weighted by Crippen LogP contribution is 2.32. The summed E-state index contributed by atoms with van der Waals surface area (Å²) < 4.78 is 25.3. The Kier molecular flexibility index (Phi) is 2.60. The van der Waals surface area contributed by atoms with Crippen molar-refractivity contribution in [2.45, 2.75) is 24.6 Å². The Bertz CT molecular complexity index is 692. The normalized spacial score (nSPS) is 22.6. The molecule has 1 atom stereocenters. The van der Waals surface area contributed by atoms with E-state index in [1.54, 1.807) is 10.7 Å². The van der Waals surface area contributed by atoms with Crippen LogP contribution in [0, 0.1) is 0 Å². The van der Waals surface area contributed by atoms with Gasteiger partial charge >= 0.3 is 0 Å². The van der Waals surface area contributed by atoms with Gasteiger partial charge in [0.05, 0.1) is 5.75 Å². The molecule has 18 heavy (non-hydrogen) atoms. The predicted octanol–water partition coefficient (Wildman–Crippen LogP) is 0.438. The van der Waals surface area contributed by atoms with Crippen molar-refractivity contribution in [3.8, 4) is 0 Å². The number of sulfone groups is 1. The van der Waals surface area contributed by atoms with Crippen LogP contribution in [0.15, 0.2) is 18.3 Å². The van der Waals surface area contributed by atoms with Crippen molar-refractivity contribution >= 4 is 15.5 Å². The summed E-state index contributed by atoms with van der Waals surface area (Å²) in [5.74, 6) is 0.642. The van der Waals surface area contributed by atoms with E-state index in [0.717, 1.165) is 5.56 Å². The predicted molar refractivity (Wildman–Crippen MR) is 66.6 cm³/mol. The van der Waals surface area contributed by atoms with E-state index >= 15 is 0 Å². The number of nitrogens with two attached hydrogens (primary N) is 1. The van der Waals surface area contributed by atoms with Crippen molar-refractivity contribution in [1.82, 2.24) is 14.6 Å². The van der Waals surface area contributed by atoms with Gasteiger partial charge in [0.15, 0.2) is 21.3 Å². The summed E-state index contributed by atoms with van der Waals surface area (Å²) in [6.45, 7) is 0.431. The lowest BCUT2D eigenvalue weighted by atomic mass is 10.2. The van der Waals surface area contributed by atoms with E-state index in [1.165, 1.54) is 0 Å². The van der Waals surface area contributed by atoms with Gasteiger partial charge in [-0.05, 0) is 30.5 Å². The van der Waals surface area contributed by atoms with Gasteiger partial charge in [-0.3, -0.25) is 0 Å². The SMILES string of the molecule is NCc1ccn2nc(C3CCCS3(=O)=O)nc2c1. The number of aromatic nitrogens is 3. The lowest BCUT2D eigenvalue weighted by Crippen LogP contribution is -2.09. The molecule has 96 valence electrons. The molecule has 1 unspecified atom stereocenters. The third kappa shape index (κ3) is 1.79. The van der Waals surface area contributed by atoms with Crippen LogP contribution in [0.4, 0.5) is 0 Å². The largest absolute Gasteiger partial charge is 0.326 e. The van der Waals surface area contributed by atoms with Gasteiger partial charge in [-0.2, -0.15) is 0 Å². The van der Waals surface area contributed by atoms with Gasteiger partial charge in [-0.25, -0.2) is 17.9 Å². The maximum Gasteiger partial charge on any atom is 0.169 e. The number of fused-ring (bicyclic) bond motifs is 1. The Hall–Kier alpha value is -1.47. The summed E-state index contributed by atoms with van der Waals surface area (Å²) in [5.41, 5.74) is 7.16. The van der Waals surface area contributed by atoms with E-state index in [-0.39, 0.29) is 5.75 Å². The van der Waals surface area contributed by atoms with Crippen molar-refractivity contribution in [1.29, 1.82) is 0 Å². The Balaban J connectivity index is 2.08. The Labute approximate surface area is 105 Å². The van der Waals surface area contributed by atoms with Crippen molar-refractivity contribution < 1.29 is 8.42 Å². The first-order chi connectivity index (χ1) is 8.60. The smallest absolute Gasteiger partial charge is 0.169 e. The first-order valence-electron chi connectivity index (χ1n) is 5.87. The quantitative estimate of drug-likeness (QED) is 0.851. The second-order valence-electron chi connectivity index (χ2n) is 4.51. The zero-order valence-electron chi connectivity index (χ0n) is 9.78. The molecule has 1 saturated heterocycles. The molecule has 2 N–H and O–H groups in total. The number of nitrogens with zero attached hydrogens (tertiary/aromatic N) is 3. The highest BCUT2D eigenvalue weighted by molar-refractivity contribution is 7.91. The number of hydrogen-bond acceptors (Lipinski definition) is 5. The molecule has 1 fully saturated rings. The second-order valence-corrected chi connectivity index (χ2v) is 6.81. The molecule has 2 aromatic heterocycles. The van der Waals surface area contributed by atoms with Crippen LogP contribution in [-0.4, -0.2) is 28.8 Å². The molecule has 7 heteroatoms. The molecule has 0 aliphatic carbocycles. The van der Waals surface area contributed by atoms with Crippen LogP contribution in [0.3, 0.4) is 0 Å². The molecule has 0 aromatic carbocycles. The third-order valence-corrected chi connectivity index (χ3v) is 5.44. The van der Waals surface area contributed by atoms with E-state index in [0.29, 0.717) is 30.9 Å². The standard InChI is InChI=1S/C11H14N4O2S/c12-7-8-3-4-15-10(6-8)13-11(14-15)9-2-1-5-18(9,16)17/h3-4,6,9H,1-2,5,7,12H2. The highest BCUT2D eigenvalue weighted by atomic mass is 32.2. The fourth-order valence-corrected chi connectivity index (χ4v) is 4.09. The molecule has 0 saturated carbocycles. The van der Waals surface area contributed by atoms with E-state index in [1.807, 2.05) is 12.1 Å². The first-order valence-corrected chi connectivity index (χ1v) is 7.58. The lowest BCUT2D eigenvalue weighted by Gasteiger charge is -2.02. The van der Waals surface area contributed by atoms with E-state index < -0.39 is 15.1 Å². The molecular weight excluding hydrogens is 252 g/mol. The minimum absolute atomic E-state index is 0.237.